The zero-order valence-corrected chi connectivity index (χ0v) is 9.69. The molecule has 0 spiro atoms. The van der Waals surface area contributed by atoms with Gasteiger partial charge in [0, 0.05) is 18.4 Å². The van der Waals surface area contributed by atoms with E-state index in [1.54, 1.807) is 18.4 Å². The van der Waals surface area contributed by atoms with E-state index in [-0.39, 0.29) is 5.78 Å². The van der Waals surface area contributed by atoms with Crippen molar-refractivity contribution in [1.82, 2.24) is 0 Å². The van der Waals surface area contributed by atoms with Crippen LogP contribution in [0.1, 0.15) is 25.1 Å². The van der Waals surface area contributed by atoms with E-state index in [1.807, 2.05) is 31.4 Å². The topological polar surface area (TPSA) is 26.3 Å². The average molecular weight is 212 g/mol. The van der Waals surface area contributed by atoms with Crippen molar-refractivity contribution >= 4 is 17.1 Å². The summed E-state index contributed by atoms with van der Waals surface area (Å²) in [7, 11) is 1.59. The van der Waals surface area contributed by atoms with Gasteiger partial charge in [0.25, 0.3) is 0 Å². The molecule has 1 aromatic heterocycles. The number of methoxy groups -OCH3 is 1. The molecular weight excluding hydrogens is 196 g/mol. The molecule has 0 radical (unpaired) electrons. The van der Waals surface area contributed by atoms with Crippen molar-refractivity contribution < 1.29 is 9.53 Å². The van der Waals surface area contributed by atoms with Crippen LogP contribution in [-0.4, -0.2) is 18.5 Å². The van der Waals surface area contributed by atoms with Crippen molar-refractivity contribution in [3.63, 3.8) is 0 Å². The predicted molar refractivity (Wildman–Crippen MR) is 58.7 cm³/mol. The fourth-order valence-electron chi connectivity index (χ4n) is 1.21. The first kappa shape index (κ1) is 11.4. The first-order valence-electron chi connectivity index (χ1n) is 4.73. The lowest BCUT2D eigenvalue weighted by Crippen LogP contribution is -2.37. The summed E-state index contributed by atoms with van der Waals surface area (Å²) >= 11 is 1.61. The summed E-state index contributed by atoms with van der Waals surface area (Å²) in [4.78, 5) is 13.0. The monoisotopic (exact) mass is 212 g/mol. The maximum atomic E-state index is 11.9. The minimum Gasteiger partial charge on any atom is -0.371 e. The minimum atomic E-state index is -0.621. The zero-order chi connectivity index (χ0) is 10.6. The molecule has 0 N–H and O–H groups in total. The van der Waals surface area contributed by atoms with Gasteiger partial charge in [-0.1, -0.05) is 13.0 Å². The first-order chi connectivity index (χ1) is 6.62. The third kappa shape index (κ3) is 2.42. The Labute approximate surface area is 88.9 Å². The summed E-state index contributed by atoms with van der Waals surface area (Å²) in [5.74, 6) is 0.157. The zero-order valence-electron chi connectivity index (χ0n) is 8.87. The Kier molecular flexibility index (Phi) is 3.84. The number of carbonyl (C=O) groups is 1. The third-order valence-electron chi connectivity index (χ3n) is 2.63. The second-order valence-electron chi connectivity index (χ2n) is 3.47. The molecule has 1 heterocycles. The molecule has 14 heavy (non-hydrogen) atoms. The first-order valence-corrected chi connectivity index (χ1v) is 5.61. The lowest BCUT2D eigenvalue weighted by atomic mass is 9.95. The van der Waals surface area contributed by atoms with Gasteiger partial charge >= 0.3 is 0 Å². The van der Waals surface area contributed by atoms with Gasteiger partial charge in [-0.3, -0.25) is 4.79 Å². The van der Waals surface area contributed by atoms with Gasteiger partial charge in [0.2, 0.25) is 0 Å². The Bertz CT molecular complexity index is 286. The summed E-state index contributed by atoms with van der Waals surface area (Å²) in [6.07, 6.45) is 1.20. The number of Topliss-reactive ketones (excluding diaryl/α,β-unsaturated/α-hetero) is 1. The minimum absolute atomic E-state index is 0.157. The summed E-state index contributed by atoms with van der Waals surface area (Å²) < 4.78 is 5.25. The van der Waals surface area contributed by atoms with E-state index in [2.05, 4.69) is 0 Å². The number of hydrogen-bond donors (Lipinski definition) is 0. The van der Waals surface area contributed by atoms with E-state index in [0.29, 0.717) is 12.8 Å². The molecule has 1 rings (SSSR count). The molecule has 78 valence electrons. The van der Waals surface area contributed by atoms with Crippen LogP contribution in [0, 0.1) is 0 Å². The lowest BCUT2D eigenvalue weighted by Gasteiger charge is -2.24. The van der Waals surface area contributed by atoms with Crippen molar-refractivity contribution in [1.29, 1.82) is 0 Å². The number of rotatable bonds is 5. The molecule has 0 saturated carbocycles. The summed E-state index contributed by atoms with van der Waals surface area (Å²) in [6, 6.07) is 3.94. The molecular formula is C11H16O2S. The molecule has 1 unspecified atom stereocenters. The lowest BCUT2D eigenvalue weighted by molar-refractivity contribution is -0.138. The number of thiophene rings is 1. The molecule has 0 aliphatic rings. The Balaban J connectivity index is 2.66. The molecule has 0 aliphatic carbocycles. The van der Waals surface area contributed by atoms with Crippen LogP contribution >= 0.6 is 11.3 Å². The number of ether oxygens (including phenoxy) is 1. The predicted octanol–water partition coefficient (Wildman–Crippen LogP) is 2.67. The van der Waals surface area contributed by atoms with Crippen LogP contribution in [0.4, 0.5) is 0 Å². The highest BCUT2D eigenvalue weighted by Gasteiger charge is 2.30. The molecule has 0 saturated heterocycles. The van der Waals surface area contributed by atoms with Crippen molar-refractivity contribution in [3.8, 4) is 0 Å². The normalized spacial score (nSPS) is 15.1. The van der Waals surface area contributed by atoms with Crippen molar-refractivity contribution in [2.45, 2.75) is 32.3 Å². The summed E-state index contributed by atoms with van der Waals surface area (Å²) in [5, 5.41) is 1.98. The van der Waals surface area contributed by atoms with Crippen LogP contribution in [0.3, 0.4) is 0 Å². The second kappa shape index (κ2) is 4.71. The van der Waals surface area contributed by atoms with Crippen LogP contribution in [0.25, 0.3) is 0 Å². The van der Waals surface area contributed by atoms with E-state index in [1.165, 1.54) is 0 Å². The van der Waals surface area contributed by atoms with E-state index in [9.17, 15) is 4.79 Å². The highest BCUT2D eigenvalue weighted by Crippen LogP contribution is 2.19. The van der Waals surface area contributed by atoms with Crippen LogP contribution in [-0.2, 0) is 16.0 Å². The molecule has 1 aromatic rings. The molecule has 3 heteroatoms. The average Bonchev–Trinajstić information content (AvgIpc) is 2.69. The van der Waals surface area contributed by atoms with Gasteiger partial charge in [0.05, 0.1) is 0 Å². The highest BCUT2D eigenvalue weighted by atomic mass is 32.1. The fraction of sp³-hybridized carbons (Fsp3) is 0.545. The fourth-order valence-corrected chi connectivity index (χ4v) is 1.92. The number of ketones is 1. The van der Waals surface area contributed by atoms with Crippen molar-refractivity contribution in [2.75, 3.05) is 7.11 Å². The molecule has 2 nitrogen and oxygen atoms in total. The molecule has 0 aliphatic heterocycles. The maximum absolute atomic E-state index is 11.9. The summed E-state index contributed by atoms with van der Waals surface area (Å²) in [6.45, 7) is 3.82. The molecule has 0 bridgehead atoms. The van der Waals surface area contributed by atoms with E-state index >= 15 is 0 Å². The quantitative estimate of drug-likeness (QED) is 0.750. The Morgan fingerprint density at radius 3 is 2.79 bits per heavy atom. The largest absolute Gasteiger partial charge is 0.371 e. The third-order valence-corrected chi connectivity index (χ3v) is 3.51. The van der Waals surface area contributed by atoms with Crippen LogP contribution in [0.2, 0.25) is 0 Å². The molecule has 0 amide bonds. The molecule has 1 atom stereocenters. The van der Waals surface area contributed by atoms with Crippen molar-refractivity contribution in [3.05, 3.63) is 22.4 Å². The van der Waals surface area contributed by atoms with Gasteiger partial charge in [-0.05, 0) is 24.8 Å². The molecule has 0 aromatic carbocycles. The maximum Gasteiger partial charge on any atom is 0.169 e. The van der Waals surface area contributed by atoms with Crippen LogP contribution in [0.15, 0.2) is 17.5 Å². The smallest absolute Gasteiger partial charge is 0.169 e. The van der Waals surface area contributed by atoms with Crippen LogP contribution in [0.5, 0.6) is 0 Å². The van der Waals surface area contributed by atoms with E-state index in [4.69, 9.17) is 4.74 Å². The SMILES string of the molecule is CCC(C)(OC)C(=O)Cc1cccs1. The van der Waals surface area contributed by atoms with Gasteiger partial charge in [-0.15, -0.1) is 11.3 Å². The molecule has 0 fully saturated rings. The Morgan fingerprint density at radius 2 is 2.36 bits per heavy atom. The van der Waals surface area contributed by atoms with Gasteiger partial charge in [0.15, 0.2) is 5.78 Å². The standard InChI is InChI=1S/C11H16O2S/c1-4-11(2,13-3)10(12)8-9-6-5-7-14-9/h5-7H,4,8H2,1-3H3. The van der Waals surface area contributed by atoms with Crippen molar-refractivity contribution in [2.24, 2.45) is 0 Å². The second-order valence-corrected chi connectivity index (χ2v) is 4.50. The Hall–Kier alpha value is -0.670. The van der Waals surface area contributed by atoms with Crippen LogP contribution < -0.4 is 0 Å². The van der Waals surface area contributed by atoms with Gasteiger partial charge < -0.3 is 4.74 Å². The summed E-state index contributed by atoms with van der Waals surface area (Å²) in [5.41, 5.74) is -0.621. The number of hydrogen-bond acceptors (Lipinski definition) is 3. The van der Waals surface area contributed by atoms with Gasteiger partial charge in [-0.25, -0.2) is 0 Å². The van der Waals surface area contributed by atoms with Gasteiger partial charge in [0.1, 0.15) is 5.60 Å². The van der Waals surface area contributed by atoms with E-state index in [0.717, 1.165) is 4.88 Å². The van der Waals surface area contributed by atoms with Gasteiger partial charge in [-0.2, -0.15) is 0 Å². The number of carbonyl (C=O) groups excluding carboxylic acids is 1. The Morgan fingerprint density at radius 1 is 1.64 bits per heavy atom. The van der Waals surface area contributed by atoms with E-state index < -0.39 is 5.60 Å². The highest BCUT2D eigenvalue weighted by molar-refractivity contribution is 7.10.